The number of nitrogens with zero attached hydrogens (tertiary/aromatic N) is 4. The van der Waals surface area contributed by atoms with Crippen LogP contribution in [-0.2, 0) is 4.74 Å². The largest absolute Gasteiger partial charge is 0.378 e. The lowest BCUT2D eigenvalue weighted by Crippen LogP contribution is -2.38. The fourth-order valence-electron chi connectivity index (χ4n) is 4.04. The van der Waals surface area contributed by atoms with E-state index >= 15 is 0 Å². The molecule has 1 N–H and O–H groups in total. The molecule has 164 valence electrons. The Morgan fingerprint density at radius 2 is 1.84 bits per heavy atom. The minimum Gasteiger partial charge on any atom is -0.378 e. The van der Waals surface area contributed by atoms with Gasteiger partial charge in [-0.3, -0.25) is 9.36 Å². The number of aryl methyl sites for hydroxylation is 1. The molecule has 0 amide bonds. The van der Waals surface area contributed by atoms with Crippen LogP contribution in [0, 0.1) is 6.92 Å². The number of nitrogens with one attached hydrogen (secondary N) is 1. The number of aromatic nitrogens is 4. The van der Waals surface area contributed by atoms with Crippen molar-refractivity contribution in [3.05, 3.63) is 65.9 Å². The van der Waals surface area contributed by atoms with Gasteiger partial charge in [0.05, 0.1) is 24.2 Å². The van der Waals surface area contributed by atoms with Crippen LogP contribution in [0.3, 0.4) is 0 Å². The normalized spacial score (nSPS) is 15.2. The minimum absolute atomic E-state index is 0.0692. The first-order chi connectivity index (χ1) is 15.6. The van der Waals surface area contributed by atoms with E-state index in [0.29, 0.717) is 23.9 Å². The molecule has 32 heavy (non-hydrogen) atoms. The first kappa shape index (κ1) is 20.8. The number of thioether (sulfide) groups is 1. The van der Waals surface area contributed by atoms with Gasteiger partial charge in [-0.2, -0.15) is 0 Å². The minimum atomic E-state index is -0.321. The van der Waals surface area contributed by atoms with Crippen molar-refractivity contribution in [3.8, 4) is 5.69 Å². The second-order valence-electron chi connectivity index (χ2n) is 7.88. The molecule has 7 nitrogen and oxygen atoms in total. The lowest BCUT2D eigenvalue weighted by atomic mass is 10.1. The van der Waals surface area contributed by atoms with Crippen molar-refractivity contribution in [2.45, 2.75) is 24.3 Å². The number of fused-ring (bicyclic) bond motifs is 1. The second kappa shape index (κ2) is 8.80. The lowest BCUT2D eigenvalue weighted by molar-refractivity contribution is 0.0995. The van der Waals surface area contributed by atoms with Gasteiger partial charge in [-0.25, -0.2) is 0 Å². The van der Waals surface area contributed by atoms with Crippen LogP contribution in [0.5, 0.6) is 0 Å². The number of carbonyl (C=O) groups excluding carboxylic acids is 1. The highest BCUT2D eigenvalue weighted by Crippen LogP contribution is 2.33. The maximum absolute atomic E-state index is 13.3. The van der Waals surface area contributed by atoms with Gasteiger partial charge in [0.2, 0.25) is 5.95 Å². The molecule has 1 fully saturated rings. The average molecular weight is 448 g/mol. The number of hydrogen-bond donors (Lipinski definition) is 1. The van der Waals surface area contributed by atoms with Crippen molar-refractivity contribution in [2.24, 2.45) is 0 Å². The van der Waals surface area contributed by atoms with Crippen molar-refractivity contribution < 1.29 is 9.53 Å². The van der Waals surface area contributed by atoms with E-state index in [-0.39, 0.29) is 11.0 Å². The van der Waals surface area contributed by atoms with Gasteiger partial charge in [0.15, 0.2) is 10.9 Å². The van der Waals surface area contributed by atoms with Crippen molar-refractivity contribution in [1.82, 2.24) is 19.7 Å². The van der Waals surface area contributed by atoms with E-state index in [9.17, 15) is 4.79 Å². The van der Waals surface area contributed by atoms with E-state index in [0.717, 1.165) is 41.2 Å². The molecule has 2 aromatic heterocycles. The van der Waals surface area contributed by atoms with Crippen LogP contribution in [0.15, 0.2) is 59.9 Å². The highest BCUT2D eigenvalue weighted by molar-refractivity contribution is 8.00. The quantitative estimate of drug-likeness (QED) is 0.352. The van der Waals surface area contributed by atoms with Crippen LogP contribution in [0.25, 0.3) is 16.6 Å². The fourth-order valence-corrected chi connectivity index (χ4v) is 4.96. The van der Waals surface area contributed by atoms with E-state index in [1.807, 2.05) is 43.3 Å². The Balaban J connectivity index is 1.49. The Bertz CT molecular complexity index is 1260. The number of hydrogen-bond acceptors (Lipinski definition) is 6. The molecule has 8 heteroatoms. The highest BCUT2D eigenvalue weighted by Gasteiger charge is 2.26. The molecule has 0 saturated carbocycles. The number of aromatic amines is 1. The highest BCUT2D eigenvalue weighted by atomic mass is 32.2. The Labute approximate surface area is 190 Å². The molecular weight excluding hydrogens is 422 g/mol. The third-order valence-corrected chi connectivity index (χ3v) is 6.82. The molecule has 5 rings (SSSR count). The molecule has 1 unspecified atom stereocenters. The number of anilines is 1. The maximum atomic E-state index is 13.3. The molecule has 0 bridgehead atoms. The molecule has 1 aliphatic rings. The Kier molecular flexibility index (Phi) is 5.71. The van der Waals surface area contributed by atoms with Crippen LogP contribution < -0.4 is 4.90 Å². The van der Waals surface area contributed by atoms with Gasteiger partial charge in [0.25, 0.3) is 0 Å². The molecule has 0 spiro atoms. The lowest BCUT2D eigenvalue weighted by Gasteiger charge is -2.28. The van der Waals surface area contributed by atoms with Gasteiger partial charge in [0, 0.05) is 35.8 Å². The van der Waals surface area contributed by atoms with Crippen LogP contribution in [0.4, 0.5) is 5.95 Å². The summed E-state index contributed by atoms with van der Waals surface area (Å²) in [6.45, 7) is 6.86. The zero-order valence-corrected chi connectivity index (χ0v) is 18.9. The summed E-state index contributed by atoms with van der Waals surface area (Å²) in [5.41, 5.74) is 3.81. The van der Waals surface area contributed by atoms with Gasteiger partial charge < -0.3 is 14.6 Å². The number of para-hydroxylation sites is 2. The molecular formula is C24H25N5O2S. The standard InChI is InChI=1S/C24H25N5O2S/c1-16-7-3-6-10-21(16)29-23(28-11-13-31-14-12-28)26-27-24(29)32-17(2)22(30)19-15-25-20-9-5-4-8-18(19)20/h3-10,15,17,25H,11-14H2,1-2H3. The average Bonchev–Trinajstić information content (AvgIpc) is 3.44. The number of H-pyrrole nitrogens is 1. The summed E-state index contributed by atoms with van der Waals surface area (Å²) >= 11 is 1.44. The smallest absolute Gasteiger partial charge is 0.232 e. The first-order valence-electron chi connectivity index (χ1n) is 10.7. The summed E-state index contributed by atoms with van der Waals surface area (Å²) in [6, 6.07) is 16.0. The van der Waals surface area contributed by atoms with Crippen molar-refractivity contribution in [1.29, 1.82) is 0 Å². The van der Waals surface area contributed by atoms with E-state index in [4.69, 9.17) is 4.74 Å². The Morgan fingerprint density at radius 1 is 1.09 bits per heavy atom. The van der Waals surface area contributed by atoms with E-state index < -0.39 is 0 Å². The second-order valence-corrected chi connectivity index (χ2v) is 9.18. The molecule has 1 saturated heterocycles. The first-order valence-corrected chi connectivity index (χ1v) is 11.6. The topological polar surface area (TPSA) is 76.0 Å². The van der Waals surface area contributed by atoms with Gasteiger partial charge >= 0.3 is 0 Å². The monoisotopic (exact) mass is 447 g/mol. The third kappa shape index (κ3) is 3.80. The number of benzene rings is 2. The molecule has 0 radical (unpaired) electrons. The molecule has 1 aliphatic heterocycles. The number of ketones is 1. The SMILES string of the molecule is Cc1ccccc1-n1c(SC(C)C(=O)c2c[nH]c3ccccc23)nnc1N1CCOCC1. The zero-order valence-electron chi connectivity index (χ0n) is 18.1. The predicted octanol–water partition coefficient (Wildman–Crippen LogP) is 4.26. The summed E-state index contributed by atoms with van der Waals surface area (Å²) < 4.78 is 7.59. The van der Waals surface area contributed by atoms with Gasteiger partial charge in [0.1, 0.15) is 0 Å². The van der Waals surface area contributed by atoms with E-state index in [1.165, 1.54) is 11.8 Å². The number of carbonyl (C=O) groups is 1. The molecule has 2 aromatic carbocycles. The van der Waals surface area contributed by atoms with Crippen LogP contribution in [0.2, 0.25) is 0 Å². The number of Topliss-reactive ketones (excluding diaryl/α,β-unsaturated/α-hetero) is 1. The van der Waals surface area contributed by atoms with Crippen LogP contribution in [0.1, 0.15) is 22.8 Å². The van der Waals surface area contributed by atoms with Gasteiger partial charge in [-0.15, -0.1) is 10.2 Å². The van der Waals surface area contributed by atoms with Crippen LogP contribution >= 0.6 is 11.8 Å². The maximum Gasteiger partial charge on any atom is 0.232 e. The Hall–Kier alpha value is -3.10. The summed E-state index contributed by atoms with van der Waals surface area (Å²) in [5, 5.41) is 10.4. The fraction of sp³-hybridized carbons (Fsp3) is 0.292. The van der Waals surface area contributed by atoms with E-state index in [1.54, 1.807) is 6.20 Å². The van der Waals surface area contributed by atoms with Gasteiger partial charge in [-0.1, -0.05) is 48.2 Å². The van der Waals surface area contributed by atoms with Crippen LogP contribution in [-0.4, -0.2) is 57.1 Å². The zero-order chi connectivity index (χ0) is 22.1. The molecule has 1 atom stereocenters. The van der Waals surface area contributed by atoms with Crippen molar-refractivity contribution in [3.63, 3.8) is 0 Å². The number of rotatable bonds is 6. The van der Waals surface area contributed by atoms with Crippen molar-refractivity contribution in [2.75, 3.05) is 31.2 Å². The summed E-state index contributed by atoms with van der Waals surface area (Å²) in [4.78, 5) is 18.7. The van der Waals surface area contributed by atoms with Gasteiger partial charge in [-0.05, 0) is 31.5 Å². The summed E-state index contributed by atoms with van der Waals surface area (Å²) in [6.07, 6.45) is 1.80. The van der Waals surface area contributed by atoms with Crippen molar-refractivity contribution >= 4 is 34.4 Å². The van der Waals surface area contributed by atoms with E-state index in [2.05, 4.69) is 43.7 Å². The third-order valence-electron chi connectivity index (χ3n) is 5.77. The number of morpholine rings is 1. The predicted molar refractivity (Wildman–Crippen MR) is 127 cm³/mol. The molecule has 4 aromatic rings. The number of ether oxygens (including phenoxy) is 1. The summed E-state index contributed by atoms with van der Waals surface area (Å²) in [7, 11) is 0. The molecule has 3 heterocycles. The summed E-state index contributed by atoms with van der Waals surface area (Å²) in [5.74, 6) is 0.858. The molecule has 0 aliphatic carbocycles. The Morgan fingerprint density at radius 3 is 2.66 bits per heavy atom.